The predicted molar refractivity (Wildman–Crippen MR) is 76.1 cm³/mol. The van der Waals surface area contributed by atoms with Gasteiger partial charge in [-0.05, 0) is 19.1 Å². The average Bonchev–Trinajstić information content (AvgIpc) is 2.63. The average molecular weight is 276 g/mol. The fourth-order valence-corrected chi connectivity index (χ4v) is 2.58. The highest BCUT2D eigenvalue weighted by atomic mass is 35.5. The molecule has 0 aliphatic rings. The molecule has 2 aromatic rings. The van der Waals surface area contributed by atoms with E-state index < -0.39 is 5.91 Å². The molecule has 4 nitrogen and oxygen atoms in total. The van der Waals surface area contributed by atoms with E-state index in [-0.39, 0.29) is 0 Å². The van der Waals surface area contributed by atoms with Crippen molar-refractivity contribution < 1.29 is 4.79 Å². The predicted octanol–water partition coefficient (Wildman–Crippen LogP) is 2.80. The molecule has 0 bridgehead atoms. The van der Waals surface area contributed by atoms with Crippen LogP contribution in [0, 0.1) is 6.92 Å². The number of rotatable bonds is 4. The van der Waals surface area contributed by atoms with Crippen molar-refractivity contribution in [3.05, 3.63) is 53.5 Å². The van der Waals surface area contributed by atoms with Gasteiger partial charge in [0.2, 0.25) is 0 Å². The normalized spacial score (nSPS) is 10.4. The Kier molecular flexibility index (Phi) is 3.71. The molecule has 2 heterocycles. The highest BCUT2D eigenvalue weighted by Gasteiger charge is 2.22. The number of primary amides is 1. The van der Waals surface area contributed by atoms with E-state index in [1.54, 1.807) is 18.5 Å². The lowest BCUT2D eigenvalue weighted by Crippen LogP contribution is -2.12. The second-order valence-corrected chi connectivity index (χ2v) is 4.50. The number of hydrogen-bond acceptors (Lipinski definition) is 2. The number of hydrogen-bond donors (Lipinski definition) is 1. The third-order valence-corrected chi connectivity index (χ3v) is 3.34. The lowest BCUT2D eigenvalue weighted by molar-refractivity contribution is 0.1000. The van der Waals surface area contributed by atoms with Gasteiger partial charge in [-0.25, -0.2) is 0 Å². The molecule has 1 amide bonds. The summed E-state index contributed by atoms with van der Waals surface area (Å²) in [5.41, 5.74) is 8.14. The first-order valence-electron chi connectivity index (χ1n) is 5.77. The van der Waals surface area contributed by atoms with Crippen LogP contribution in [0.25, 0.3) is 11.3 Å². The van der Waals surface area contributed by atoms with Gasteiger partial charge in [0.15, 0.2) is 0 Å². The Hall–Kier alpha value is -2.07. The molecule has 0 spiro atoms. The van der Waals surface area contributed by atoms with Gasteiger partial charge in [-0.1, -0.05) is 17.7 Å². The van der Waals surface area contributed by atoms with Crippen LogP contribution in [-0.4, -0.2) is 15.5 Å². The monoisotopic (exact) mass is 275 g/mol. The number of nitrogens with zero attached hydrogens (tertiary/aromatic N) is 2. The maximum Gasteiger partial charge on any atom is 0.252 e. The Balaban J connectivity index is 2.75. The van der Waals surface area contributed by atoms with Gasteiger partial charge < -0.3 is 10.3 Å². The highest BCUT2D eigenvalue weighted by molar-refractivity contribution is 6.36. The van der Waals surface area contributed by atoms with Crippen molar-refractivity contribution in [2.24, 2.45) is 5.73 Å². The molecule has 2 rings (SSSR count). The van der Waals surface area contributed by atoms with Crippen LogP contribution < -0.4 is 5.73 Å². The number of nitrogens with two attached hydrogens (primary N) is 1. The maximum atomic E-state index is 11.5. The number of carbonyl (C=O) groups excluding carboxylic acids is 1. The molecule has 19 heavy (non-hydrogen) atoms. The number of halogens is 1. The minimum atomic E-state index is -0.527. The fourth-order valence-electron chi connectivity index (χ4n) is 2.13. The molecule has 2 aromatic heterocycles. The number of pyridine rings is 1. The van der Waals surface area contributed by atoms with Crippen molar-refractivity contribution in [1.82, 2.24) is 9.55 Å². The summed E-state index contributed by atoms with van der Waals surface area (Å²) in [5.74, 6) is -0.527. The summed E-state index contributed by atoms with van der Waals surface area (Å²) in [6, 6.07) is 3.68. The Morgan fingerprint density at radius 1 is 1.53 bits per heavy atom. The standard InChI is InChI=1S/C14H14ClN3O/c1-3-8-18-9(2)11(14(16)19)12(15)13(18)10-4-6-17-7-5-10/h3-7H,1,8H2,2H3,(H2,16,19). The molecule has 0 saturated heterocycles. The number of allylic oxidation sites excluding steroid dienone is 1. The topological polar surface area (TPSA) is 60.9 Å². The van der Waals surface area contributed by atoms with Gasteiger partial charge >= 0.3 is 0 Å². The van der Waals surface area contributed by atoms with Crippen LogP contribution in [0.3, 0.4) is 0 Å². The van der Waals surface area contributed by atoms with Crippen molar-refractivity contribution in [3.8, 4) is 11.3 Å². The molecular formula is C14H14ClN3O. The molecule has 2 N–H and O–H groups in total. The minimum absolute atomic E-state index is 0.357. The lowest BCUT2D eigenvalue weighted by atomic mass is 10.1. The molecular weight excluding hydrogens is 262 g/mol. The summed E-state index contributed by atoms with van der Waals surface area (Å²) in [5, 5.41) is 0.373. The third-order valence-electron chi connectivity index (χ3n) is 2.98. The van der Waals surface area contributed by atoms with E-state index in [1.165, 1.54) is 0 Å². The van der Waals surface area contributed by atoms with Crippen molar-refractivity contribution >= 4 is 17.5 Å². The number of aromatic nitrogens is 2. The van der Waals surface area contributed by atoms with Gasteiger partial charge in [0.25, 0.3) is 5.91 Å². The first kappa shape index (κ1) is 13.4. The first-order valence-corrected chi connectivity index (χ1v) is 6.15. The zero-order valence-corrected chi connectivity index (χ0v) is 11.3. The van der Waals surface area contributed by atoms with E-state index in [0.717, 1.165) is 17.0 Å². The molecule has 0 aromatic carbocycles. The van der Waals surface area contributed by atoms with Crippen LogP contribution in [0.2, 0.25) is 5.02 Å². The van der Waals surface area contributed by atoms with Gasteiger partial charge in [0, 0.05) is 30.2 Å². The SMILES string of the molecule is C=CCn1c(C)c(C(N)=O)c(Cl)c1-c1ccncc1. The zero-order valence-electron chi connectivity index (χ0n) is 10.6. The van der Waals surface area contributed by atoms with E-state index >= 15 is 0 Å². The van der Waals surface area contributed by atoms with Gasteiger partial charge in [-0.3, -0.25) is 9.78 Å². The van der Waals surface area contributed by atoms with Crippen molar-refractivity contribution in [3.63, 3.8) is 0 Å². The second kappa shape index (κ2) is 5.28. The molecule has 0 radical (unpaired) electrons. The highest BCUT2D eigenvalue weighted by Crippen LogP contribution is 2.35. The Labute approximate surface area is 116 Å². The number of carbonyl (C=O) groups is 1. The molecule has 0 aliphatic heterocycles. The van der Waals surface area contributed by atoms with Gasteiger partial charge in [-0.15, -0.1) is 6.58 Å². The summed E-state index contributed by atoms with van der Waals surface area (Å²) in [6.45, 7) is 6.09. The largest absolute Gasteiger partial charge is 0.365 e. The zero-order chi connectivity index (χ0) is 14.0. The molecule has 0 fully saturated rings. The molecule has 5 heteroatoms. The van der Waals surface area contributed by atoms with Crippen molar-refractivity contribution in [2.75, 3.05) is 0 Å². The molecule has 98 valence electrons. The summed E-state index contributed by atoms with van der Waals surface area (Å²) < 4.78 is 1.92. The molecule has 0 unspecified atom stereocenters. The maximum absolute atomic E-state index is 11.5. The molecule has 0 aliphatic carbocycles. The van der Waals surface area contributed by atoms with Gasteiger partial charge in [-0.2, -0.15) is 0 Å². The van der Waals surface area contributed by atoms with E-state index in [0.29, 0.717) is 17.1 Å². The van der Waals surface area contributed by atoms with E-state index in [4.69, 9.17) is 17.3 Å². The van der Waals surface area contributed by atoms with E-state index in [2.05, 4.69) is 11.6 Å². The van der Waals surface area contributed by atoms with Crippen LogP contribution in [0.4, 0.5) is 0 Å². The first-order chi connectivity index (χ1) is 9.07. The minimum Gasteiger partial charge on any atom is -0.365 e. The summed E-state index contributed by atoms with van der Waals surface area (Å²) >= 11 is 6.32. The van der Waals surface area contributed by atoms with Crippen LogP contribution in [0.5, 0.6) is 0 Å². The van der Waals surface area contributed by atoms with Gasteiger partial charge in [0.05, 0.1) is 16.3 Å². The van der Waals surface area contributed by atoms with E-state index in [9.17, 15) is 4.79 Å². The van der Waals surface area contributed by atoms with Gasteiger partial charge in [0.1, 0.15) is 0 Å². The second-order valence-electron chi connectivity index (χ2n) is 4.12. The lowest BCUT2D eigenvalue weighted by Gasteiger charge is -2.09. The summed E-state index contributed by atoms with van der Waals surface area (Å²) in [4.78, 5) is 15.5. The summed E-state index contributed by atoms with van der Waals surface area (Å²) in [7, 11) is 0. The smallest absolute Gasteiger partial charge is 0.252 e. The number of amides is 1. The Morgan fingerprint density at radius 3 is 2.68 bits per heavy atom. The summed E-state index contributed by atoms with van der Waals surface area (Å²) in [6.07, 6.45) is 5.10. The molecule has 0 atom stereocenters. The van der Waals surface area contributed by atoms with Crippen LogP contribution in [0.1, 0.15) is 16.1 Å². The van der Waals surface area contributed by atoms with Crippen LogP contribution >= 0.6 is 11.6 Å². The van der Waals surface area contributed by atoms with E-state index in [1.807, 2.05) is 23.6 Å². The Bertz CT molecular complexity index is 632. The van der Waals surface area contributed by atoms with Crippen molar-refractivity contribution in [1.29, 1.82) is 0 Å². The third kappa shape index (κ3) is 2.27. The van der Waals surface area contributed by atoms with Crippen molar-refractivity contribution in [2.45, 2.75) is 13.5 Å². The molecule has 0 saturated carbocycles. The van der Waals surface area contributed by atoms with Crippen LogP contribution in [-0.2, 0) is 6.54 Å². The Morgan fingerprint density at radius 2 is 2.16 bits per heavy atom. The quantitative estimate of drug-likeness (QED) is 0.872. The van der Waals surface area contributed by atoms with Crippen LogP contribution in [0.15, 0.2) is 37.2 Å². The fraction of sp³-hybridized carbons (Fsp3) is 0.143.